The Balaban J connectivity index is 1.48. The molecule has 1 amide bonds. The molecule has 1 N–H and O–H groups in total. The minimum absolute atomic E-state index is 0.0383. The van der Waals surface area contributed by atoms with Gasteiger partial charge >= 0.3 is 0 Å². The molecule has 164 valence electrons. The highest BCUT2D eigenvalue weighted by atomic mass is 19.2. The van der Waals surface area contributed by atoms with Gasteiger partial charge in [0.05, 0.1) is 18.7 Å². The Morgan fingerprint density at radius 2 is 1.56 bits per heavy atom. The van der Waals surface area contributed by atoms with Crippen molar-refractivity contribution in [2.45, 2.75) is 13.1 Å². The van der Waals surface area contributed by atoms with Gasteiger partial charge in [-0.25, -0.2) is 22.0 Å². The van der Waals surface area contributed by atoms with Gasteiger partial charge in [0, 0.05) is 30.2 Å². The van der Waals surface area contributed by atoms with E-state index in [1.165, 1.54) is 12.3 Å². The fourth-order valence-electron chi connectivity index (χ4n) is 3.05. The van der Waals surface area contributed by atoms with Crippen LogP contribution in [0.3, 0.4) is 0 Å². The molecule has 0 saturated carbocycles. The van der Waals surface area contributed by atoms with Gasteiger partial charge in [0.15, 0.2) is 29.1 Å². The van der Waals surface area contributed by atoms with Crippen LogP contribution >= 0.6 is 0 Å². The topological polar surface area (TPSA) is 64.7 Å². The third kappa shape index (κ3) is 4.22. The van der Waals surface area contributed by atoms with Crippen molar-refractivity contribution in [3.63, 3.8) is 0 Å². The Morgan fingerprint density at radius 3 is 2.25 bits per heavy atom. The number of rotatable bonds is 6. The number of amides is 1. The number of anilines is 1. The standard InChI is InChI=1S/C21H14F5N5O/c22-16-14(17(23)19(25)20(26)18(16)24)11-31-8-5-15(29-31)28-21(32)13-4-1-3-12(9-13)10-30-7-2-6-27-30/h1-9H,10-11H2,(H,28,29,32). The molecule has 0 unspecified atom stereocenters. The van der Waals surface area contributed by atoms with Gasteiger partial charge in [-0.3, -0.25) is 14.2 Å². The number of benzene rings is 2. The fourth-order valence-corrected chi connectivity index (χ4v) is 3.05. The maximum atomic E-state index is 13.9. The highest BCUT2D eigenvalue weighted by Crippen LogP contribution is 2.24. The van der Waals surface area contributed by atoms with Crippen LogP contribution in [0, 0.1) is 29.1 Å². The third-order valence-electron chi connectivity index (χ3n) is 4.60. The zero-order valence-electron chi connectivity index (χ0n) is 16.2. The van der Waals surface area contributed by atoms with Crippen molar-refractivity contribution in [3.8, 4) is 0 Å². The molecule has 0 aliphatic heterocycles. The van der Waals surface area contributed by atoms with Crippen LogP contribution in [0.5, 0.6) is 0 Å². The average molecular weight is 447 g/mol. The summed E-state index contributed by atoms with van der Waals surface area (Å²) in [4.78, 5) is 12.5. The highest BCUT2D eigenvalue weighted by Gasteiger charge is 2.26. The summed E-state index contributed by atoms with van der Waals surface area (Å²) in [6.07, 6.45) is 4.66. The molecule has 0 aliphatic carbocycles. The Morgan fingerprint density at radius 1 is 0.844 bits per heavy atom. The average Bonchev–Trinajstić information content (AvgIpc) is 3.46. The minimum Gasteiger partial charge on any atom is -0.305 e. The molecule has 0 fully saturated rings. The van der Waals surface area contributed by atoms with Crippen molar-refractivity contribution >= 4 is 11.7 Å². The maximum Gasteiger partial charge on any atom is 0.256 e. The summed E-state index contributed by atoms with van der Waals surface area (Å²) in [5.41, 5.74) is 0.135. The first kappa shape index (κ1) is 21.2. The molecule has 0 spiro atoms. The molecule has 2 aromatic carbocycles. The van der Waals surface area contributed by atoms with Crippen LogP contribution in [0.1, 0.15) is 21.5 Å². The second-order valence-electron chi connectivity index (χ2n) is 6.81. The Kier molecular flexibility index (Phi) is 5.71. The first-order valence-electron chi connectivity index (χ1n) is 9.25. The smallest absolute Gasteiger partial charge is 0.256 e. The summed E-state index contributed by atoms with van der Waals surface area (Å²) >= 11 is 0. The molecular weight excluding hydrogens is 433 g/mol. The molecule has 0 aliphatic rings. The predicted molar refractivity (Wildman–Crippen MR) is 103 cm³/mol. The molecule has 0 radical (unpaired) electrons. The van der Waals surface area contributed by atoms with Gasteiger partial charge in [-0.1, -0.05) is 12.1 Å². The van der Waals surface area contributed by atoms with Crippen LogP contribution in [0.2, 0.25) is 0 Å². The first-order chi connectivity index (χ1) is 15.3. The SMILES string of the molecule is O=C(Nc1ccn(Cc2c(F)c(F)c(F)c(F)c2F)n1)c1cccc(Cn2cccn2)c1. The van der Waals surface area contributed by atoms with E-state index in [1.807, 2.05) is 6.07 Å². The van der Waals surface area contributed by atoms with Crippen molar-refractivity contribution in [1.82, 2.24) is 19.6 Å². The van der Waals surface area contributed by atoms with Crippen molar-refractivity contribution in [1.29, 1.82) is 0 Å². The van der Waals surface area contributed by atoms with Crippen molar-refractivity contribution in [2.75, 3.05) is 5.32 Å². The second-order valence-corrected chi connectivity index (χ2v) is 6.81. The largest absolute Gasteiger partial charge is 0.305 e. The Labute approximate surface area is 177 Å². The number of carbonyl (C=O) groups is 1. The molecule has 0 saturated heterocycles. The van der Waals surface area contributed by atoms with E-state index in [4.69, 9.17) is 0 Å². The lowest BCUT2D eigenvalue weighted by Crippen LogP contribution is -2.14. The molecular formula is C21H14F5N5O. The van der Waals surface area contributed by atoms with E-state index in [-0.39, 0.29) is 5.82 Å². The van der Waals surface area contributed by atoms with E-state index >= 15 is 0 Å². The lowest BCUT2D eigenvalue weighted by molar-refractivity contribution is 0.102. The molecule has 4 rings (SSSR count). The van der Waals surface area contributed by atoms with Crippen LogP contribution in [0.25, 0.3) is 0 Å². The molecule has 2 heterocycles. The van der Waals surface area contributed by atoms with Gasteiger partial charge < -0.3 is 5.32 Å². The molecule has 0 bridgehead atoms. The number of nitrogens with zero attached hydrogens (tertiary/aromatic N) is 4. The molecule has 11 heteroatoms. The fraction of sp³-hybridized carbons (Fsp3) is 0.0952. The van der Waals surface area contributed by atoms with Gasteiger partial charge in [0.1, 0.15) is 0 Å². The van der Waals surface area contributed by atoms with Crippen LogP contribution in [0.15, 0.2) is 55.0 Å². The zero-order valence-corrected chi connectivity index (χ0v) is 16.2. The summed E-state index contributed by atoms with van der Waals surface area (Å²) in [6.45, 7) is -0.258. The number of hydrogen-bond acceptors (Lipinski definition) is 3. The highest BCUT2D eigenvalue weighted by molar-refractivity contribution is 6.03. The van der Waals surface area contributed by atoms with E-state index in [1.54, 1.807) is 41.3 Å². The number of aromatic nitrogens is 4. The molecule has 2 aromatic heterocycles. The van der Waals surface area contributed by atoms with E-state index in [0.29, 0.717) is 12.1 Å². The summed E-state index contributed by atoms with van der Waals surface area (Å²) < 4.78 is 70.3. The normalized spacial score (nSPS) is 11.0. The lowest BCUT2D eigenvalue weighted by atomic mass is 10.1. The van der Waals surface area contributed by atoms with Crippen molar-refractivity contribution < 1.29 is 26.7 Å². The summed E-state index contributed by atoms with van der Waals surface area (Å²) in [7, 11) is 0. The van der Waals surface area contributed by atoms with Gasteiger partial charge in [-0.15, -0.1) is 0 Å². The zero-order chi connectivity index (χ0) is 22.8. The van der Waals surface area contributed by atoms with Crippen LogP contribution in [-0.2, 0) is 13.1 Å². The predicted octanol–water partition coefficient (Wildman–Crippen LogP) is 4.12. The van der Waals surface area contributed by atoms with Gasteiger partial charge in [0.25, 0.3) is 5.91 Å². The molecule has 32 heavy (non-hydrogen) atoms. The molecule has 6 nitrogen and oxygen atoms in total. The number of carbonyl (C=O) groups excluding carboxylic acids is 1. The molecule has 4 aromatic rings. The van der Waals surface area contributed by atoms with Crippen LogP contribution < -0.4 is 5.32 Å². The Bertz CT molecular complexity index is 1260. The number of halogens is 5. The number of nitrogens with one attached hydrogen (secondary N) is 1. The molecule has 0 atom stereocenters. The minimum atomic E-state index is -2.23. The monoisotopic (exact) mass is 447 g/mol. The van der Waals surface area contributed by atoms with Gasteiger partial charge in [-0.05, 0) is 23.8 Å². The number of hydrogen-bond donors (Lipinski definition) is 1. The first-order valence-corrected chi connectivity index (χ1v) is 9.25. The lowest BCUT2D eigenvalue weighted by Gasteiger charge is -2.08. The third-order valence-corrected chi connectivity index (χ3v) is 4.60. The van der Waals surface area contributed by atoms with E-state index in [0.717, 1.165) is 10.2 Å². The van der Waals surface area contributed by atoms with Gasteiger partial charge in [-0.2, -0.15) is 10.2 Å². The summed E-state index contributed by atoms with van der Waals surface area (Å²) in [5.74, 6) is -10.6. The summed E-state index contributed by atoms with van der Waals surface area (Å²) in [5, 5.41) is 10.5. The van der Waals surface area contributed by atoms with Crippen LogP contribution in [-0.4, -0.2) is 25.5 Å². The maximum absolute atomic E-state index is 13.9. The van der Waals surface area contributed by atoms with Gasteiger partial charge in [0.2, 0.25) is 5.82 Å². The summed E-state index contributed by atoms with van der Waals surface area (Å²) in [6, 6.07) is 9.90. The Hall–Kier alpha value is -4.02. The van der Waals surface area contributed by atoms with Crippen molar-refractivity contribution in [2.24, 2.45) is 0 Å². The van der Waals surface area contributed by atoms with E-state index in [2.05, 4.69) is 15.5 Å². The quantitative estimate of drug-likeness (QED) is 0.275. The van der Waals surface area contributed by atoms with E-state index < -0.39 is 47.1 Å². The second kappa shape index (κ2) is 8.61. The van der Waals surface area contributed by atoms with E-state index in [9.17, 15) is 26.7 Å². The van der Waals surface area contributed by atoms with Crippen molar-refractivity contribution in [3.05, 3.63) is 101 Å². The van der Waals surface area contributed by atoms with Crippen LogP contribution in [0.4, 0.5) is 27.8 Å².